The van der Waals surface area contributed by atoms with Gasteiger partial charge in [-0.1, -0.05) is 6.92 Å². The minimum Gasteiger partial charge on any atom is -0.378 e. The summed E-state index contributed by atoms with van der Waals surface area (Å²) in [6.45, 7) is 7.51. The standard InChI is InChI=1S/C14H22BrNOS/c1-3-5-16-10-14(4-6-17-11(14)2)8-13-7-12(15)9-18-13/h7,9,11,16H,3-6,8,10H2,1-2H3. The maximum absolute atomic E-state index is 5.83. The molecule has 18 heavy (non-hydrogen) atoms. The molecule has 1 N–H and O–H groups in total. The first kappa shape index (κ1) is 14.5. The molecule has 1 aromatic heterocycles. The zero-order chi connectivity index (χ0) is 13.0. The van der Waals surface area contributed by atoms with Crippen molar-refractivity contribution in [1.29, 1.82) is 0 Å². The number of hydrogen-bond acceptors (Lipinski definition) is 3. The molecule has 2 unspecified atom stereocenters. The molecule has 2 atom stereocenters. The van der Waals surface area contributed by atoms with E-state index in [1.54, 1.807) is 0 Å². The zero-order valence-corrected chi connectivity index (χ0v) is 13.6. The van der Waals surface area contributed by atoms with Crippen LogP contribution < -0.4 is 5.32 Å². The molecule has 0 bridgehead atoms. The van der Waals surface area contributed by atoms with E-state index >= 15 is 0 Å². The Morgan fingerprint density at radius 2 is 2.44 bits per heavy atom. The Bertz CT molecular complexity index is 382. The fourth-order valence-electron chi connectivity index (χ4n) is 2.65. The number of halogens is 1. The summed E-state index contributed by atoms with van der Waals surface area (Å²) in [4.78, 5) is 1.46. The first-order valence-electron chi connectivity index (χ1n) is 6.71. The SMILES string of the molecule is CCCNCC1(Cc2cc(Br)cs2)CCOC1C. The van der Waals surface area contributed by atoms with E-state index in [9.17, 15) is 0 Å². The van der Waals surface area contributed by atoms with Gasteiger partial charge in [-0.2, -0.15) is 0 Å². The highest BCUT2D eigenvalue weighted by atomic mass is 79.9. The third-order valence-corrected chi connectivity index (χ3v) is 5.58. The average molecular weight is 332 g/mol. The molecule has 0 aliphatic carbocycles. The molecule has 1 aromatic rings. The van der Waals surface area contributed by atoms with Gasteiger partial charge in [0.05, 0.1) is 6.10 Å². The molecular weight excluding hydrogens is 310 g/mol. The lowest BCUT2D eigenvalue weighted by Crippen LogP contribution is -2.41. The first-order chi connectivity index (χ1) is 8.66. The monoisotopic (exact) mass is 331 g/mol. The molecule has 2 rings (SSSR count). The van der Waals surface area contributed by atoms with Crippen molar-refractivity contribution in [3.8, 4) is 0 Å². The smallest absolute Gasteiger partial charge is 0.0619 e. The summed E-state index contributed by atoms with van der Waals surface area (Å²) in [5.41, 5.74) is 0.277. The number of hydrogen-bond donors (Lipinski definition) is 1. The topological polar surface area (TPSA) is 21.3 Å². The minimum absolute atomic E-state index is 0.277. The Kier molecular flexibility index (Phi) is 5.24. The van der Waals surface area contributed by atoms with Crippen LogP contribution >= 0.6 is 27.3 Å². The van der Waals surface area contributed by atoms with E-state index in [-0.39, 0.29) is 5.41 Å². The molecule has 0 radical (unpaired) electrons. The number of thiophene rings is 1. The normalized spacial score (nSPS) is 27.8. The van der Waals surface area contributed by atoms with Crippen molar-refractivity contribution in [1.82, 2.24) is 5.32 Å². The molecule has 1 fully saturated rings. The van der Waals surface area contributed by atoms with Gasteiger partial charge in [-0.3, -0.25) is 0 Å². The van der Waals surface area contributed by atoms with Crippen molar-refractivity contribution in [2.75, 3.05) is 19.7 Å². The molecule has 2 nitrogen and oxygen atoms in total. The van der Waals surface area contributed by atoms with Gasteiger partial charge in [0.2, 0.25) is 0 Å². The van der Waals surface area contributed by atoms with Crippen LogP contribution in [0, 0.1) is 5.41 Å². The van der Waals surface area contributed by atoms with Gasteiger partial charge in [-0.25, -0.2) is 0 Å². The molecule has 0 spiro atoms. The lowest BCUT2D eigenvalue weighted by atomic mass is 9.78. The lowest BCUT2D eigenvalue weighted by molar-refractivity contribution is 0.0635. The molecule has 102 valence electrons. The maximum atomic E-state index is 5.83. The van der Waals surface area contributed by atoms with Gasteiger partial charge >= 0.3 is 0 Å². The van der Waals surface area contributed by atoms with Crippen molar-refractivity contribution < 1.29 is 4.74 Å². The van der Waals surface area contributed by atoms with Crippen LogP contribution in [0.1, 0.15) is 31.6 Å². The highest BCUT2D eigenvalue weighted by Crippen LogP contribution is 2.39. The molecule has 2 heterocycles. The molecule has 1 saturated heterocycles. The summed E-state index contributed by atoms with van der Waals surface area (Å²) in [5.74, 6) is 0. The number of ether oxygens (including phenoxy) is 1. The van der Waals surface area contributed by atoms with Gasteiger partial charge in [-0.15, -0.1) is 11.3 Å². The molecule has 1 aliphatic heterocycles. The summed E-state index contributed by atoms with van der Waals surface area (Å²) in [6, 6.07) is 2.25. The Labute approximate surface area is 122 Å². The second-order valence-corrected chi connectivity index (χ2v) is 7.12. The molecule has 0 aromatic carbocycles. The van der Waals surface area contributed by atoms with Crippen molar-refractivity contribution in [3.05, 3.63) is 20.8 Å². The molecule has 4 heteroatoms. The molecular formula is C14H22BrNOS. The number of nitrogens with one attached hydrogen (secondary N) is 1. The fraction of sp³-hybridized carbons (Fsp3) is 0.714. The summed E-state index contributed by atoms with van der Waals surface area (Å²) in [7, 11) is 0. The highest BCUT2D eigenvalue weighted by Gasteiger charge is 2.41. The zero-order valence-electron chi connectivity index (χ0n) is 11.2. The van der Waals surface area contributed by atoms with E-state index in [0.29, 0.717) is 6.10 Å². The van der Waals surface area contributed by atoms with Crippen LogP contribution in [0.3, 0.4) is 0 Å². The largest absolute Gasteiger partial charge is 0.378 e. The third-order valence-electron chi connectivity index (χ3n) is 3.88. The molecule has 0 saturated carbocycles. The predicted octanol–water partition coefficient (Wildman–Crippen LogP) is 3.85. The summed E-state index contributed by atoms with van der Waals surface area (Å²) in [6.07, 6.45) is 3.83. The molecule has 0 amide bonds. The minimum atomic E-state index is 0.277. The Hall–Kier alpha value is 0.1000. The van der Waals surface area contributed by atoms with Gasteiger partial charge in [0.1, 0.15) is 0 Å². The first-order valence-corrected chi connectivity index (χ1v) is 8.39. The van der Waals surface area contributed by atoms with Gasteiger partial charge in [-0.05, 0) is 54.7 Å². The van der Waals surface area contributed by atoms with Crippen LogP contribution in [0.2, 0.25) is 0 Å². The van der Waals surface area contributed by atoms with E-state index < -0.39 is 0 Å². The third kappa shape index (κ3) is 3.35. The van der Waals surface area contributed by atoms with E-state index in [2.05, 4.69) is 46.5 Å². The summed E-state index contributed by atoms with van der Waals surface area (Å²) in [5, 5.41) is 5.76. The van der Waals surface area contributed by atoms with Crippen molar-refractivity contribution in [2.45, 2.75) is 39.2 Å². The van der Waals surface area contributed by atoms with E-state index in [1.807, 2.05) is 11.3 Å². The van der Waals surface area contributed by atoms with Crippen LogP contribution in [0.4, 0.5) is 0 Å². The van der Waals surface area contributed by atoms with Crippen molar-refractivity contribution in [3.63, 3.8) is 0 Å². The van der Waals surface area contributed by atoms with E-state index in [4.69, 9.17) is 4.74 Å². The second kappa shape index (κ2) is 6.51. The van der Waals surface area contributed by atoms with Crippen LogP contribution in [0.25, 0.3) is 0 Å². The summed E-state index contributed by atoms with van der Waals surface area (Å²) >= 11 is 5.39. The quantitative estimate of drug-likeness (QED) is 0.799. The maximum Gasteiger partial charge on any atom is 0.0619 e. The van der Waals surface area contributed by atoms with E-state index in [1.165, 1.54) is 22.2 Å². The fourth-order valence-corrected chi connectivity index (χ4v) is 4.26. The average Bonchev–Trinajstić information content (AvgIpc) is 2.88. The predicted molar refractivity (Wildman–Crippen MR) is 81.3 cm³/mol. The van der Waals surface area contributed by atoms with Gasteiger partial charge in [0.25, 0.3) is 0 Å². The Morgan fingerprint density at radius 3 is 3.00 bits per heavy atom. The van der Waals surface area contributed by atoms with Gasteiger partial charge in [0, 0.05) is 33.3 Å². The Morgan fingerprint density at radius 1 is 1.61 bits per heavy atom. The van der Waals surface area contributed by atoms with Crippen LogP contribution in [-0.2, 0) is 11.2 Å². The van der Waals surface area contributed by atoms with Gasteiger partial charge < -0.3 is 10.1 Å². The number of rotatable bonds is 6. The lowest BCUT2D eigenvalue weighted by Gasteiger charge is -2.32. The highest BCUT2D eigenvalue weighted by molar-refractivity contribution is 9.10. The van der Waals surface area contributed by atoms with Crippen LogP contribution in [-0.4, -0.2) is 25.8 Å². The molecule has 1 aliphatic rings. The van der Waals surface area contributed by atoms with Crippen molar-refractivity contribution in [2.24, 2.45) is 5.41 Å². The second-order valence-electron chi connectivity index (χ2n) is 5.21. The summed E-state index contributed by atoms with van der Waals surface area (Å²) < 4.78 is 7.03. The van der Waals surface area contributed by atoms with Crippen LogP contribution in [0.5, 0.6) is 0 Å². The van der Waals surface area contributed by atoms with E-state index in [0.717, 1.165) is 26.1 Å². The van der Waals surface area contributed by atoms with Crippen LogP contribution in [0.15, 0.2) is 15.9 Å². The van der Waals surface area contributed by atoms with Crippen molar-refractivity contribution >= 4 is 27.3 Å². The van der Waals surface area contributed by atoms with Gasteiger partial charge in [0.15, 0.2) is 0 Å². The Balaban J connectivity index is 2.04.